The number of rotatable bonds is 8. The van der Waals surface area contributed by atoms with Gasteiger partial charge in [0.2, 0.25) is 15.9 Å². The Hall–Kier alpha value is -4.00. The molecule has 204 valence electrons. The topological polar surface area (TPSA) is 142 Å². The molecular weight excluding hydrogens is 546 g/mol. The number of nitro groups is 1. The first kappa shape index (κ1) is 28.0. The van der Waals surface area contributed by atoms with Gasteiger partial charge < -0.3 is 15.1 Å². The minimum absolute atomic E-state index is 0.0588. The summed E-state index contributed by atoms with van der Waals surface area (Å²) in [5.41, 5.74) is 0.817. The lowest BCUT2D eigenvalue weighted by atomic mass is 10.1. The Morgan fingerprint density at radius 3 is 2.13 bits per heavy atom. The molecule has 1 heterocycles. The van der Waals surface area contributed by atoms with Crippen molar-refractivity contribution in [3.63, 3.8) is 0 Å². The fraction of sp³-hybridized carbons (Fsp3) is 0.231. The zero-order valence-corrected chi connectivity index (χ0v) is 22.3. The summed E-state index contributed by atoms with van der Waals surface area (Å²) in [4.78, 5) is 39.4. The summed E-state index contributed by atoms with van der Waals surface area (Å²) in [7, 11) is -4.33. The SMILES string of the molecule is O=C(Nc1ccccc1)N1CCN(C(=O)C(Cc2ccccc2)NS(=O)(=O)c2ccc(Cl)c([N+](=O)[O-])c2)CC1. The maximum absolute atomic E-state index is 13.6. The molecule has 1 fully saturated rings. The van der Waals surface area contributed by atoms with Crippen LogP contribution in [-0.2, 0) is 21.2 Å². The number of carbonyl (C=O) groups is 2. The number of piperazine rings is 1. The molecule has 4 rings (SSSR count). The summed E-state index contributed by atoms with van der Waals surface area (Å²) in [6, 6.07) is 19.6. The van der Waals surface area contributed by atoms with E-state index in [1.807, 2.05) is 18.2 Å². The van der Waals surface area contributed by atoms with Gasteiger partial charge in [0.25, 0.3) is 5.69 Å². The van der Waals surface area contributed by atoms with E-state index in [2.05, 4.69) is 10.0 Å². The molecule has 1 aliphatic rings. The molecule has 1 saturated heterocycles. The molecular formula is C26H26ClN5O6S. The zero-order valence-electron chi connectivity index (χ0n) is 20.7. The van der Waals surface area contributed by atoms with E-state index in [1.54, 1.807) is 47.4 Å². The molecule has 2 N–H and O–H groups in total. The van der Waals surface area contributed by atoms with Gasteiger partial charge in [-0.1, -0.05) is 60.1 Å². The predicted octanol–water partition coefficient (Wildman–Crippen LogP) is 3.51. The van der Waals surface area contributed by atoms with Crippen LogP contribution in [0.1, 0.15) is 5.56 Å². The van der Waals surface area contributed by atoms with E-state index in [0.717, 1.165) is 23.8 Å². The number of hydrogen-bond acceptors (Lipinski definition) is 6. The number of sulfonamides is 1. The third kappa shape index (κ3) is 7.11. The van der Waals surface area contributed by atoms with Crippen LogP contribution in [0.5, 0.6) is 0 Å². The van der Waals surface area contributed by atoms with Crippen molar-refractivity contribution in [2.24, 2.45) is 0 Å². The van der Waals surface area contributed by atoms with Gasteiger partial charge in [0, 0.05) is 37.9 Å². The number of urea groups is 1. The molecule has 0 spiro atoms. The van der Waals surface area contributed by atoms with Crippen LogP contribution in [0.3, 0.4) is 0 Å². The Balaban J connectivity index is 1.49. The number of hydrogen-bond donors (Lipinski definition) is 2. The highest BCUT2D eigenvalue weighted by atomic mass is 35.5. The van der Waals surface area contributed by atoms with Crippen LogP contribution in [0.15, 0.2) is 83.8 Å². The van der Waals surface area contributed by atoms with Gasteiger partial charge in [-0.25, -0.2) is 13.2 Å². The van der Waals surface area contributed by atoms with Crippen LogP contribution in [-0.4, -0.2) is 67.3 Å². The lowest BCUT2D eigenvalue weighted by Gasteiger charge is -2.36. The van der Waals surface area contributed by atoms with E-state index in [4.69, 9.17) is 11.6 Å². The molecule has 0 saturated carbocycles. The minimum Gasteiger partial charge on any atom is -0.338 e. The van der Waals surface area contributed by atoms with Crippen molar-refractivity contribution in [2.75, 3.05) is 31.5 Å². The lowest BCUT2D eigenvalue weighted by Crippen LogP contribution is -2.56. The van der Waals surface area contributed by atoms with E-state index in [-0.39, 0.29) is 48.5 Å². The van der Waals surface area contributed by atoms with Gasteiger partial charge in [0.1, 0.15) is 11.1 Å². The van der Waals surface area contributed by atoms with E-state index < -0.39 is 32.6 Å². The lowest BCUT2D eigenvalue weighted by molar-refractivity contribution is -0.384. The summed E-state index contributed by atoms with van der Waals surface area (Å²) in [6.07, 6.45) is 0.0588. The van der Waals surface area contributed by atoms with Crippen molar-refractivity contribution in [3.8, 4) is 0 Å². The molecule has 11 nitrogen and oxygen atoms in total. The number of para-hydroxylation sites is 1. The van der Waals surface area contributed by atoms with Crippen molar-refractivity contribution in [1.82, 2.24) is 14.5 Å². The van der Waals surface area contributed by atoms with E-state index in [9.17, 15) is 28.1 Å². The number of nitrogens with one attached hydrogen (secondary N) is 2. The summed E-state index contributed by atoms with van der Waals surface area (Å²) in [5, 5.41) is 13.9. The summed E-state index contributed by atoms with van der Waals surface area (Å²) in [6.45, 7) is 0.943. The number of carbonyl (C=O) groups excluding carboxylic acids is 2. The van der Waals surface area contributed by atoms with E-state index >= 15 is 0 Å². The number of amides is 3. The Kier molecular flexibility index (Phi) is 8.79. The first-order valence-corrected chi connectivity index (χ1v) is 13.9. The molecule has 0 bridgehead atoms. The fourth-order valence-corrected chi connectivity index (χ4v) is 5.55. The molecule has 3 amide bonds. The summed E-state index contributed by atoms with van der Waals surface area (Å²) < 4.78 is 28.9. The first-order valence-electron chi connectivity index (χ1n) is 12.0. The largest absolute Gasteiger partial charge is 0.338 e. The monoisotopic (exact) mass is 571 g/mol. The van der Waals surface area contributed by atoms with Crippen LogP contribution in [0, 0.1) is 10.1 Å². The maximum Gasteiger partial charge on any atom is 0.321 e. The molecule has 0 radical (unpaired) electrons. The van der Waals surface area contributed by atoms with Gasteiger partial charge in [-0.2, -0.15) is 4.72 Å². The van der Waals surface area contributed by atoms with Gasteiger partial charge in [-0.3, -0.25) is 14.9 Å². The Bertz CT molecular complexity index is 1450. The van der Waals surface area contributed by atoms with Crippen LogP contribution in [0.4, 0.5) is 16.2 Å². The van der Waals surface area contributed by atoms with E-state index in [1.165, 1.54) is 4.90 Å². The molecule has 39 heavy (non-hydrogen) atoms. The minimum atomic E-state index is -4.33. The van der Waals surface area contributed by atoms with Crippen LogP contribution < -0.4 is 10.0 Å². The average Bonchev–Trinajstić information content (AvgIpc) is 2.93. The van der Waals surface area contributed by atoms with Gasteiger partial charge in [0.15, 0.2) is 0 Å². The highest BCUT2D eigenvalue weighted by molar-refractivity contribution is 7.89. The molecule has 0 aliphatic carbocycles. The average molecular weight is 572 g/mol. The van der Waals surface area contributed by atoms with Crippen molar-refractivity contribution in [3.05, 3.63) is 99.6 Å². The molecule has 1 aliphatic heterocycles. The molecule has 0 aromatic heterocycles. The highest BCUT2D eigenvalue weighted by Gasteiger charge is 2.33. The fourth-order valence-electron chi connectivity index (χ4n) is 4.16. The Morgan fingerprint density at radius 2 is 1.51 bits per heavy atom. The number of halogens is 1. The summed E-state index contributed by atoms with van der Waals surface area (Å²) in [5.74, 6) is -0.464. The number of nitrogens with zero attached hydrogens (tertiary/aromatic N) is 3. The summed E-state index contributed by atoms with van der Waals surface area (Å²) >= 11 is 5.84. The third-order valence-electron chi connectivity index (χ3n) is 6.21. The molecule has 3 aromatic carbocycles. The van der Waals surface area contributed by atoms with Crippen molar-refractivity contribution >= 4 is 44.9 Å². The molecule has 1 unspecified atom stereocenters. The van der Waals surface area contributed by atoms with Gasteiger partial charge in [-0.05, 0) is 36.2 Å². The Morgan fingerprint density at radius 1 is 0.923 bits per heavy atom. The number of nitro benzene ring substituents is 1. The van der Waals surface area contributed by atoms with Gasteiger partial charge >= 0.3 is 6.03 Å². The van der Waals surface area contributed by atoms with Crippen molar-refractivity contribution in [2.45, 2.75) is 17.4 Å². The molecule has 13 heteroatoms. The smallest absolute Gasteiger partial charge is 0.321 e. The van der Waals surface area contributed by atoms with Gasteiger partial charge in [-0.15, -0.1) is 0 Å². The second-order valence-electron chi connectivity index (χ2n) is 8.84. The normalized spacial score (nSPS) is 14.5. The van der Waals surface area contributed by atoms with Gasteiger partial charge in [0.05, 0.1) is 9.82 Å². The third-order valence-corrected chi connectivity index (χ3v) is 8.00. The van der Waals surface area contributed by atoms with Crippen LogP contribution in [0.2, 0.25) is 5.02 Å². The Labute approximate surface area is 230 Å². The first-order chi connectivity index (χ1) is 18.6. The van der Waals surface area contributed by atoms with Crippen molar-refractivity contribution < 1.29 is 22.9 Å². The van der Waals surface area contributed by atoms with Crippen molar-refractivity contribution in [1.29, 1.82) is 0 Å². The predicted molar refractivity (Wildman–Crippen MR) is 146 cm³/mol. The van der Waals surface area contributed by atoms with E-state index in [0.29, 0.717) is 5.69 Å². The number of anilines is 1. The number of benzene rings is 3. The standard InChI is InChI=1S/C26H26ClN5O6S/c27-22-12-11-21(18-24(22)32(35)36)39(37,38)29-23(17-19-7-3-1-4-8-19)25(33)30-13-15-31(16-14-30)26(34)28-20-9-5-2-6-10-20/h1-12,18,23,29H,13-17H2,(H,28,34). The zero-order chi connectivity index (χ0) is 28.0. The second-order valence-corrected chi connectivity index (χ2v) is 11.0. The maximum atomic E-state index is 13.6. The second kappa shape index (κ2) is 12.2. The van der Waals surface area contributed by atoms with Crippen LogP contribution in [0.25, 0.3) is 0 Å². The van der Waals surface area contributed by atoms with Crippen LogP contribution >= 0.6 is 11.6 Å². The highest BCUT2D eigenvalue weighted by Crippen LogP contribution is 2.27. The molecule has 1 atom stereocenters. The molecule has 3 aromatic rings. The quantitative estimate of drug-likeness (QED) is 0.313.